The number of carbonyl (C=O) groups is 1. The van der Waals surface area contributed by atoms with Gasteiger partial charge in [0, 0.05) is 11.3 Å². The maximum Gasteiger partial charge on any atom is 0.358 e. The van der Waals surface area contributed by atoms with Crippen molar-refractivity contribution in [3.63, 3.8) is 0 Å². The van der Waals surface area contributed by atoms with Crippen LogP contribution in [0, 0.1) is 12.7 Å². The van der Waals surface area contributed by atoms with Gasteiger partial charge in [0.05, 0.1) is 14.2 Å². The molecule has 0 aliphatic carbocycles. The third-order valence-corrected chi connectivity index (χ3v) is 2.69. The molecule has 5 nitrogen and oxygen atoms in total. The van der Waals surface area contributed by atoms with Crippen molar-refractivity contribution in [2.75, 3.05) is 14.2 Å². The van der Waals surface area contributed by atoms with Gasteiger partial charge in [-0.1, -0.05) is 0 Å². The monoisotopic (exact) mass is 264 g/mol. The molecule has 0 spiro atoms. The van der Waals surface area contributed by atoms with Crippen molar-refractivity contribution < 1.29 is 18.7 Å². The second-order valence-corrected chi connectivity index (χ2v) is 3.90. The highest BCUT2D eigenvalue weighted by Crippen LogP contribution is 2.25. The van der Waals surface area contributed by atoms with Crippen LogP contribution in [0.5, 0.6) is 5.75 Å². The molecule has 0 atom stereocenters. The zero-order valence-electron chi connectivity index (χ0n) is 10.8. The molecule has 0 aliphatic rings. The first-order chi connectivity index (χ1) is 9.06. The number of ether oxygens (including phenoxy) is 2. The highest BCUT2D eigenvalue weighted by atomic mass is 19.1. The Kier molecular flexibility index (Phi) is 3.50. The van der Waals surface area contributed by atoms with E-state index in [0.29, 0.717) is 17.1 Å². The van der Waals surface area contributed by atoms with Crippen molar-refractivity contribution in [1.82, 2.24) is 9.97 Å². The molecule has 0 unspecified atom stereocenters. The summed E-state index contributed by atoms with van der Waals surface area (Å²) in [6.07, 6.45) is 0. The summed E-state index contributed by atoms with van der Waals surface area (Å²) >= 11 is 0. The van der Waals surface area contributed by atoms with Crippen molar-refractivity contribution in [2.24, 2.45) is 0 Å². The van der Waals surface area contributed by atoms with Crippen LogP contribution in [0.1, 0.15) is 16.2 Å². The number of nitrogens with zero attached hydrogens (tertiary/aromatic N) is 1. The molecule has 0 aliphatic heterocycles. The third kappa shape index (κ3) is 2.42. The summed E-state index contributed by atoms with van der Waals surface area (Å²) in [6.45, 7) is 1.71. The van der Waals surface area contributed by atoms with E-state index in [0.717, 1.165) is 0 Å². The Hall–Kier alpha value is -2.37. The second-order valence-electron chi connectivity index (χ2n) is 3.90. The van der Waals surface area contributed by atoms with Gasteiger partial charge in [-0.25, -0.2) is 14.2 Å². The van der Waals surface area contributed by atoms with Crippen LogP contribution in [0.15, 0.2) is 18.2 Å². The molecule has 0 radical (unpaired) electrons. The molecule has 6 heteroatoms. The van der Waals surface area contributed by atoms with Crippen LogP contribution < -0.4 is 4.74 Å². The molecule has 0 amide bonds. The minimum Gasteiger partial charge on any atom is -0.494 e. The van der Waals surface area contributed by atoms with Crippen LogP contribution in [0.4, 0.5) is 4.39 Å². The summed E-state index contributed by atoms with van der Waals surface area (Å²) in [7, 11) is 2.67. The van der Waals surface area contributed by atoms with Crippen LogP contribution in [0.3, 0.4) is 0 Å². The van der Waals surface area contributed by atoms with Crippen molar-refractivity contribution in [3.05, 3.63) is 35.4 Å². The standard InChI is InChI=1S/C13H13FN2O3/c1-7-11(13(17)19-3)16-12(15-7)8-4-5-9(14)10(6-8)18-2/h4-6H,1-3H3,(H,15,16). The molecule has 1 aromatic carbocycles. The molecule has 1 N–H and O–H groups in total. The van der Waals surface area contributed by atoms with E-state index in [9.17, 15) is 9.18 Å². The lowest BCUT2D eigenvalue weighted by Gasteiger charge is -2.03. The predicted molar refractivity (Wildman–Crippen MR) is 66.6 cm³/mol. The van der Waals surface area contributed by atoms with Crippen LogP contribution in [0.2, 0.25) is 0 Å². The fourth-order valence-electron chi connectivity index (χ4n) is 1.70. The quantitative estimate of drug-likeness (QED) is 0.864. The first-order valence-corrected chi connectivity index (χ1v) is 5.55. The minimum absolute atomic E-state index is 0.117. The summed E-state index contributed by atoms with van der Waals surface area (Å²) in [5, 5.41) is 0. The van der Waals surface area contributed by atoms with Gasteiger partial charge in [0.2, 0.25) is 0 Å². The largest absolute Gasteiger partial charge is 0.494 e. The number of benzene rings is 1. The average molecular weight is 264 g/mol. The number of halogens is 1. The number of hydrogen-bond acceptors (Lipinski definition) is 4. The smallest absolute Gasteiger partial charge is 0.358 e. The first kappa shape index (κ1) is 13.1. The lowest BCUT2D eigenvalue weighted by atomic mass is 10.2. The molecule has 0 bridgehead atoms. The number of aryl methyl sites for hydroxylation is 1. The lowest BCUT2D eigenvalue weighted by Crippen LogP contribution is -2.03. The first-order valence-electron chi connectivity index (χ1n) is 5.55. The molecular weight excluding hydrogens is 251 g/mol. The Morgan fingerprint density at radius 2 is 2.11 bits per heavy atom. The molecule has 2 rings (SSSR count). The average Bonchev–Trinajstić information content (AvgIpc) is 2.80. The van der Waals surface area contributed by atoms with E-state index < -0.39 is 11.8 Å². The fraction of sp³-hybridized carbons (Fsp3) is 0.231. The molecule has 2 aromatic rings. The van der Waals surface area contributed by atoms with E-state index in [1.807, 2.05) is 0 Å². The van der Waals surface area contributed by atoms with Crippen molar-refractivity contribution in [3.8, 4) is 17.1 Å². The highest BCUT2D eigenvalue weighted by Gasteiger charge is 2.16. The molecule has 1 aromatic heterocycles. The number of aromatic nitrogens is 2. The maximum absolute atomic E-state index is 13.3. The number of esters is 1. The number of nitrogens with one attached hydrogen (secondary N) is 1. The van der Waals surface area contributed by atoms with Gasteiger partial charge in [-0.05, 0) is 25.1 Å². The molecule has 100 valence electrons. The van der Waals surface area contributed by atoms with Gasteiger partial charge in [-0.2, -0.15) is 0 Å². The zero-order valence-corrected chi connectivity index (χ0v) is 10.8. The number of H-pyrrole nitrogens is 1. The number of rotatable bonds is 3. The van der Waals surface area contributed by atoms with Crippen molar-refractivity contribution in [1.29, 1.82) is 0 Å². The molecule has 0 saturated carbocycles. The number of carbonyl (C=O) groups excluding carboxylic acids is 1. The van der Waals surface area contributed by atoms with E-state index in [1.54, 1.807) is 13.0 Å². The van der Waals surface area contributed by atoms with E-state index in [2.05, 4.69) is 14.7 Å². The molecule has 1 heterocycles. The Morgan fingerprint density at radius 3 is 2.74 bits per heavy atom. The molecular formula is C13H13FN2O3. The number of methoxy groups -OCH3 is 2. The van der Waals surface area contributed by atoms with Crippen LogP contribution >= 0.6 is 0 Å². The summed E-state index contributed by atoms with van der Waals surface area (Å²) in [5.74, 6) is -0.404. The van der Waals surface area contributed by atoms with Crippen LogP contribution in [-0.4, -0.2) is 30.2 Å². The van der Waals surface area contributed by atoms with Gasteiger partial charge >= 0.3 is 5.97 Å². The summed E-state index contributed by atoms with van der Waals surface area (Å²) in [6, 6.07) is 4.34. The summed E-state index contributed by atoms with van der Waals surface area (Å²) < 4.78 is 22.9. The van der Waals surface area contributed by atoms with Gasteiger partial charge < -0.3 is 14.5 Å². The minimum atomic E-state index is -0.519. The van der Waals surface area contributed by atoms with Crippen molar-refractivity contribution in [2.45, 2.75) is 6.92 Å². The highest BCUT2D eigenvalue weighted by molar-refractivity contribution is 5.89. The molecule has 19 heavy (non-hydrogen) atoms. The van der Waals surface area contributed by atoms with Gasteiger partial charge in [0.25, 0.3) is 0 Å². The Bertz CT molecular complexity index is 622. The number of aromatic amines is 1. The number of hydrogen-bond donors (Lipinski definition) is 1. The maximum atomic E-state index is 13.3. The van der Waals surface area contributed by atoms with E-state index in [1.165, 1.54) is 26.4 Å². The second kappa shape index (κ2) is 5.09. The van der Waals surface area contributed by atoms with E-state index in [-0.39, 0.29) is 11.4 Å². The molecule has 0 fully saturated rings. The number of imidazole rings is 1. The normalized spacial score (nSPS) is 10.3. The summed E-state index contributed by atoms with van der Waals surface area (Å²) in [4.78, 5) is 18.6. The topological polar surface area (TPSA) is 64.2 Å². The fourth-order valence-corrected chi connectivity index (χ4v) is 1.70. The third-order valence-electron chi connectivity index (χ3n) is 2.69. The van der Waals surface area contributed by atoms with Gasteiger partial charge in [0.15, 0.2) is 17.3 Å². The Labute approximate surface area is 109 Å². The van der Waals surface area contributed by atoms with Gasteiger partial charge in [-0.15, -0.1) is 0 Å². The van der Waals surface area contributed by atoms with Gasteiger partial charge in [0.1, 0.15) is 5.82 Å². The lowest BCUT2D eigenvalue weighted by molar-refractivity contribution is 0.0594. The zero-order chi connectivity index (χ0) is 14.0. The summed E-state index contributed by atoms with van der Waals surface area (Å²) in [5.41, 5.74) is 1.42. The van der Waals surface area contributed by atoms with E-state index in [4.69, 9.17) is 4.74 Å². The van der Waals surface area contributed by atoms with Crippen LogP contribution in [0.25, 0.3) is 11.4 Å². The van der Waals surface area contributed by atoms with Crippen LogP contribution in [-0.2, 0) is 4.74 Å². The molecule has 0 saturated heterocycles. The Morgan fingerprint density at radius 1 is 1.37 bits per heavy atom. The SMILES string of the molecule is COC(=O)c1nc(-c2ccc(F)c(OC)c2)[nH]c1C. The van der Waals surface area contributed by atoms with E-state index >= 15 is 0 Å². The van der Waals surface area contributed by atoms with Crippen molar-refractivity contribution >= 4 is 5.97 Å². The predicted octanol–water partition coefficient (Wildman–Crippen LogP) is 2.32. The van der Waals surface area contributed by atoms with Gasteiger partial charge in [-0.3, -0.25) is 0 Å². The Balaban J connectivity index is 2.45.